The van der Waals surface area contributed by atoms with Crippen LogP contribution in [0.4, 0.5) is 0 Å². The Labute approximate surface area is 128 Å². The molecular weight excluding hydrogens is 312 g/mol. The summed E-state index contributed by atoms with van der Waals surface area (Å²) in [6.07, 6.45) is -0.330. The van der Waals surface area contributed by atoms with Gasteiger partial charge in [-0.25, -0.2) is 4.79 Å². The number of nitrogens with zero attached hydrogens (tertiary/aromatic N) is 1. The van der Waals surface area contributed by atoms with Crippen LogP contribution in [0.25, 0.3) is 0 Å². The Kier molecular flexibility index (Phi) is 7.58. The number of esters is 1. The lowest BCUT2D eigenvalue weighted by Crippen LogP contribution is -2.24. The van der Waals surface area contributed by atoms with E-state index in [1.54, 1.807) is 19.9 Å². The molecule has 0 aromatic heterocycles. The SMILES string of the molecule is CCOC(=O)/C(C#N)=C(\OC(C)C(C)C)C(Cl)(Cl)Cl. The van der Waals surface area contributed by atoms with Gasteiger partial charge in [-0.2, -0.15) is 5.26 Å². The van der Waals surface area contributed by atoms with Crippen molar-refractivity contribution in [2.75, 3.05) is 6.61 Å². The van der Waals surface area contributed by atoms with Gasteiger partial charge in [-0.15, -0.1) is 0 Å². The van der Waals surface area contributed by atoms with Crippen LogP contribution >= 0.6 is 34.8 Å². The van der Waals surface area contributed by atoms with Crippen molar-refractivity contribution in [3.63, 3.8) is 0 Å². The minimum atomic E-state index is -2.01. The highest BCUT2D eigenvalue weighted by Gasteiger charge is 2.36. The quantitative estimate of drug-likeness (QED) is 0.253. The third-order valence-corrected chi connectivity index (χ3v) is 2.83. The van der Waals surface area contributed by atoms with Crippen LogP contribution in [0.5, 0.6) is 0 Å². The van der Waals surface area contributed by atoms with Crippen LogP contribution in [0.1, 0.15) is 27.7 Å². The normalized spacial score (nSPS) is 14.5. The molecule has 0 heterocycles. The van der Waals surface area contributed by atoms with E-state index >= 15 is 0 Å². The zero-order chi connectivity index (χ0) is 15.2. The van der Waals surface area contributed by atoms with Crippen molar-refractivity contribution in [1.82, 2.24) is 0 Å². The van der Waals surface area contributed by atoms with Gasteiger partial charge in [0.05, 0.1) is 12.7 Å². The number of carbonyl (C=O) groups excluding carboxylic acids is 1. The number of hydrogen-bond donors (Lipinski definition) is 0. The second-order valence-corrected chi connectivity index (χ2v) is 6.38. The smallest absolute Gasteiger partial charge is 0.352 e. The molecule has 0 rings (SSSR count). The minimum absolute atomic E-state index is 0.108. The summed E-state index contributed by atoms with van der Waals surface area (Å²) < 4.78 is 8.18. The number of ether oxygens (including phenoxy) is 2. The molecular formula is C12H16Cl3NO3. The lowest BCUT2D eigenvalue weighted by molar-refractivity contribution is -0.138. The predicted octanol–water partition coefficient (Wildman–Crippen LogP) is 3.76. The Bertz CT molecular complexity index is 394. The molecule has 0 spiro atoms. The number of nitriles is 1. The Hall–Kier alpha value is -0.630. The lowest BCUT2D eigenvalue weighted by atomic mass is 10.1. The van der Waals surface area contributed by atoms with E-state index in [2.05, 4.69) is 0 Å². The molecule has 0 aliphatic carbocycles. The fourth-order valence-electron chi connectivity index (χ4n) is 0.982. The molecule has 0 amide bonds. The topological polar surface area (TPSA) is 59.3 Å². The van der Waals surface area contributed by atoms with Gasteiger partial charge in [0, 0.05) is 0 Å². The monoisotopic (exact) mass is 327 g/mol. The highest BCUT2D eigenvalue weighted by atomic mass is 35.6. The van der Waals surface area contributed by atoms with Crippen LogP contribution in [0.2, 0.25) is 0 Å². The molecule has 0 radical (unpaired) electrons. The van der Waals surface area contributed by atoms with Crippen molar-refractivity contribution < 1.29 is 14.3 Å². The van der Waals surface area contributed by atoms with Gasteiger partial charge in [0.2, 0.25) is 3.79 Å². The predicted molar refractivity (Wildman–Crippen MR) is 74.9 cm³/mol. The van der Waals surface area contributed by atoms with E-state index in [1.165, 1.54) is 0 Å². The van der Waals surface area contributed by atoms with Crippen LogP contribution in [0, 0.1) is 17.2 Å². The van der Waals surface area contributed by atoms with E-state index in [0.717, 1.165) is 0 Å². The van der Waals surface area contributed by atoms with E-state index in [4.69, 9.17) is 49.5 Å². The highest BCUT2D eigenvalue weighted by molar-refractivity contribution is 6.69. The average molecular weight is 329 g/mol. The fraction of sp³-hybridized carbons (Fsp3) is 0.667. The number of halogens is 3. The van der Waals surface area contributed by atoms with E-state index in [-0.39, 0.29) is 24.4 Å². The van der Waals surface area contributed by atoms with Gasteiger partial charge in [-0.1, -0.05) is 48.7 Å². The molecule has 0 saturated carbocycles. The summed E-state index contributed by atoms with van der Waals surface area (Å²) in [5, 5.41) is 9.04. The number of carbonyl (C=O) groups is 1. The fourth-order valence-corrected chi connectivity index (χ4v) is 1.40. The summed E-state index contributed by atoms with van der Waals surface area (Å²) >= 11 is 17.3. The molecule has 7 heteroatoms. The van der Waals surface area contributed by atoms with Crippen molar-refractivity contribution in [1.29, 1.82) is 5.26 Å². The average Bonchev–Trinajstić information content (AvgIpc) is 2.27. The summed E-state index contributed by atoms with van der Waals surface area (Å²) in [6.45, 7) is 7.27. The molecule has 0 N–H and O–H groups in total. The number of hydrogen-bond acceptors (Lipinski definition) is 4. The minimum Gasteiger partial charge on any atom is -0.489 e. The second kappa shape index (κ2) is 7.84. The van der Waals surface area contributed by atoms with Gasteiger partial charge in [-0.3, -0.25) is 0 Å². The van der Waals surface area contributed by atoms with Gasteiger partial charge in [0.1, 0.15) is 6.07 Å². The molecule has 0 aliphatic heterocycles. The third-order valence-electron chi connectivity index (χ3n) is 2.32. The van der Waals surface area contributed by atoms with Gasteiger partial charge in [0.25, 0.3) is 0 Å². The summed E-state index contributed by atoms with van der Waals surface area (Å²) in [5.41, 5.74) is -0.436. The van der Waals surface area contributed by atoms with Crippen LogP contribution in [0.3, 0.4) is 0 Å². The molecule has 0 bridgehead atoms. The first-order valence-electron chi connectivity index (χ1n) is 5.70. The molecule has 0 aliphatic rings. The van der Waals surface area contributed by atoms with E-state index in [0.29, 0.717) is 0 Å². The van der Waals surface area contributed by atoms with Gasteiger partial charge in [0.15, 0.2) is 11.3 Å². The van der Waals surface area contributed by atoms with Crippen molar-refractivity contribution >= 4 is 40.8 Å². The molecule has 0 aromatic rings. The highest BCUT2D eigenvalue weighted by Crippen LogP contribution is 2.38. The Morgan fingerprint density at radius 1 is 1.32 bits per heavy atom. The molecule has 19 heavy (non-hydrogen) atoms. The molecule has 108 valence electrons. The second-order valence-electron chi connectivity index (χ2n) is 4.10. The maximum atomic E-state index is 11.7. The largest absolute Gasteiger partial charge is 0.489 e. The zero-order valence-electron chi connectivity index (χ0n) is 11.2. The van der Waals surface area contributed by atoms with Crippen LogP contribution in [-0.4, -0.2) is 22.5 Å². The number of alkyl halides is 3. The summed E-state index contributed by atoms with van der Waals surface area (Å²) in [7, 11) is 0. The first-order valence-corrected chi connectivity index (χ1v) is 6.83. The summed E-state index contributed by atoms with van der Waals surface area (Å²) in [5.74, 6) is -1.06. The van der Waals surface area contributed by atoms with Crippen LogP contribution in [-0.2, 0) is 14.3 Å². The first-order chi connectivity index (χ1) is 8.65. The lowest BCUT2D eigenvalue weighted by Gasteiger charge is -2.24. The molecule has 0 aromatic carbocycles. The molecule has 1 atom stereocenters. The van der Waals surface area contributed by atoms with Gasteiger partial charge >= 0.3 is 5.97 Å². The van der Waals surface area contributed by atoms with Crippen molar-refractivity contribution in [3.05, 3.63) is 11.3 Å². The maximum Gasteiger partial charge on any atom is 0.352 e. The standard InChI is InChI=1S/C12H16Cl3NO3/c1-5-18-11(17)9(6-16)10(12(13,14)15)19-8(4)7(2)3/h7-8H,5H2,1-4H3/b10-9-. The third kappa shape index (κ3) is 5.90. The van der Waals surface area contributed by atoms with E-state index < -0.39 is 15.3 Å². The van der Waals surface area contributed by atoms with Crippen LogP contribution < -0.4 is 0 Å². The van der Waals surface area contributed by atoms with Crippen LogP contribution in [0.15, 0.2) is 11.3 Å². The zero-order valence-corrected chi connectivity index (χ0v) is 13.4. The van der Waals surface area contributed by atoms with Gasteiger partial charge < -0.3 is 9.47 Å². The van der Waals surface area contributed by atoms with Gasteiger partial charge in [-0.05, 0) is 19.8 Å². The number of allylic oxidation sites excluding steroid dienone is 1. The Morgan fingerprint density at radius 2 is 1.84 bits per heavy atom. The summed E-state index contributed by atoms with van der Waals surface area (Å²) in [4.78, 5) is 11.7. The maximum absolute atomic E-state index is 11.7. The first kappa shape index (κ1) is 18.4. The van der Waals surface area contributed by atoms with Crippen molar-refractivity contribution in [2.24, 2.45) is 5.92 Å². The number of rotatable bonds is 5. The summed E-state index contributed by atoms with van der Waals surface area (Å²) in [6, 6.07) is 1.66. The Morgan fingerprint density at radius 3 is 2.16 bits per heavy atom. The molecule has 0 saturated heterocycles. The van der Waals surface area contributed by atoms with Crippen molar-refractivity contribution in [3.8, 4) is 6.07 Å². The molecule has 1 unspecified atom stereocenters. The van der Waals surface area contributed by atoms with E-state index in [1.807, 2.05) is 13.8 Å². The van der Waals surface area contributed by atoms with Crippen molar-refractivity contribution in [2.45, 2.75) is 37.6 Å². The van der Waals surface area contributed by atoms with E-state index in [9.17, 15) is 4.79 Å². The molecule has 0 fully saturated rings. The Balaban J connectivity index is 5.55. The molecule has 4 nitrogen and oxygen atoms in total.